The number of hydrogen-bond acceptors (Lipinski definition) is 6. The highest BCUT2D eigenvalue weighted by Gasteiger charge is 2.18. The Bertz CT molecular complexity index is 1670. The van der Waals surface area contributed by atoms with Gasteiger partial charge in [-0.1, -0.05) is 43.2 Å². The molecule has 0 atom stereocenters. The number of pyridine rings is 1. The molecule has 0 radical (unpaired) electrons. The minimum Gasteiger partial charge on any atom is -0.494 e. The topological polar surface area (TPSA) is 95.6 Å². The molecule has 1 aromatic heterocycles. The van der Waals surface area contributed by atoms with Gasteiger partial charge in [0.05, 0.1) is 29.9 Å². The van der Waals surface area contributed by atoms with E-state index in [1.807, 2.05) is 57.2 Å². The smallest absolute Gasteiger partial charge is 0.253 e. The molecule has 0 spiro atoms. The summed E-state index contributed by atoms with van der Waals surface area (Å²) in [5.74, 6) is 0.612. The summed E-state index contributed by atoms with van der Waals surface area (Å²) in [4.78, 5) is 33.0. The third kappa shape index (κ3) is 9.06. The van der Waals surface area contributed by atoms with Crippen LogP contribution in [0.1, 0.15) is 86.5 Å². The maximum absolute atomic E-state index is 13.1. The summed E-state index contributed by atoms with van der Waals surface area (Å²) in [5, 5.41) is 11.6. The zero-order valence-electron chi connectivity index (χ0n) is 28.9. The monoisotopic (exact) mass is 649 g/mol. The van der Waals surface area contributed by atoms with E-state index in [0.717, 1.165) is 74.1 Å². The molecule has 254 valence electrons. The zero-order chi connectivity index (χ0) is 33.7. The normalized spacial score (nSPS) is 12.3. The molecule has 0 saturated carbocycles. The number of carbonyl (C=O) groups is 2. The van der Waals surface area contributed by atoms with Gasteiger partial charge in [0, 0.05) is 48.5 Å². The van der Waals surface area contributed by atoms with Gasteiger partial charge >= 0.3 is 0 Å². The second kappa shape index (κ2) is 17.5. The van der Waals surface area contributed by atoms with Crippen LogP contribution in [0.5, 0.6) is 5.75 Å². The molecule has 5 rings (SSSR count). The molecule has 1 heterocycles. The first-order valence-electron chi connectivity index (χ1n) is 17.8. The Kier molecular flexibility index (Phi) is 12.7. The van der Waals surface area contributed by atoms with Crippen LogP contribution in [0.4, 0.5) is 17.1 Å². The van der Waals surface area contributed by atoms with E-state index < -0.39 is 0 Å². The van der Waals surface area contributed by atoms with Gasteiger partial charge in [-0.3, -0.25) is 14.6 Å². The summed E-state index contributed by atoms with van der Waals surface area (Å²) < 4.78 is 5.53. The molecule has 0 saturated heterocycles. The minimum atomic E-state index is -0.134. The number of nitrogens with zero attached hydrogens (tertiary/aromatic N) is 2. The molecule has 0 aliphatic heterocycles. The van der Waals surface area contributed by atoms with E-state index in [1.54, 1.807) is 11.0 Å². The van der Waals surface area contributed by atoms with E-state index in [2.05, 4.69) is 40.2 Å². The maximum atomic E-state index is 13.1. The van der Waals surface area contributed by atoms with Crippen molar-refractivity contribution in [2.24, 2.45) is 0 Å². The van der Waals surface area contributed by atoms with Crippen LogP contribution in [0.3, 0.4) is 0 Å². The molecule has 8 nitrogen and oxygen atoms in total. The fourth-order valence-corrected chi connectivity index (χ4v) is 6.49. The Labute approximate surface area is 285 Å². The number of fused-ring (bicyclic) bond motifs is 2. The number of carbonyl (C=O) groups excluding carboxylic acids is 2. The van der Waals surface area contributed by atoms with E-state index in [-0.39, 0.29) is 18.2 Å². The quantitative estimate of drug-likeness (QED) is 0.0997. The number of ether oxygens (including phenoxy) is 1. The van der Waals surface area contributed by atoms with Gasteiger partial charge in [0.2, 0.25) is 5.91 Å². The summed E-state index contributed by atoms with van der Waals surface area (Å²) in [5.41, 5.74) is 7.97. The number of nitrogens with one attached hydrogen (secondary N) is 3. The van der Waals surface area contributed by atoms with Crippen LogP contribution < -0.4 is 20.7 Å². The summed E-state index contributed by atoms with van der Waals surface area (Å²) in [6.45, 7) is 9.48. The van der Waals surface area contributed by atoms with Gasteiger partial charge in [0.1, 0.15) is 5.75 Å². The number of unbranched alkanes of at least 4 members (excludes halogenated alkanes) is 3. The Balaban J connectivity index is 1.14. The van der Waals surface area contributed by atoms with Crippen molar-refractivity contribution < 1.29 is 14.3 Å². The number of para-hydroxylation sites is 1. The molecular formula is C40H51N5O3. The van der Waals surface area contributed by atoms with Crippen molar-refractivity contribution >= 4 is 39.8 Å². The van der Waals surface area contributed by atoms with Crippen molar-refractivity contribution in [3.05, 3.63) is 89.1 Å². The third-order valence-electron chi connectivity index (χ3n) is 9.08. The molecule has 4 aromatic rings. The lowest BCUT2D eigenvalue weighted by molar-refractivity contribution is -0.115. The molecule has 48 heavy (non-hydrogen) atoms. The Morgan fingerprint density at radius 1 is 0.812 bits per heavy atom. The lowest BCUT2D eigenvalue weighted by Crippen LogP contribution is -2.30. The highest BCUT2D eigenvalue weighted by atomic mass is 16.5. The van der Waals surface area contributed by atoms with Crippen LogP contribution in [0.25, 0.3) is 10.9 Å². The molecule has 0 bridgehead atoms. The molecule has 2 amide bonds. The molecule has 8 heteroatoms. The van der Waals surface area contributed by atoms with Crippen LogP contribution in [-0.2, 0) is 24.1 Å². The van der Waals surface area contributed by atoms with Crippen molar-refractivity contribution in [1.29, 1.82) is 0 Å². The lowest BCUT2D eigenvalue weighted by Gasteiger charge is -2.21. The van der Waals surface area contributed by atoms with Crippen molar-refractivity contribution in [3.63, 3.8) is 0 Å². The van der Waals surface area contributed by atoms with Crippen LogP contribution >= 0.6 is 0 Å². The molecule has 0 unspecified atom stereocenters. The molecule has 1 aliphatic carbocycles. The fourth-order valence-electron chi connectivity index (χ4n) is 6.49. The summed E-state index contributed by atoms with van der Waals surface area (Å²) in [6.07, 6.45) is 9.20. The fraction of sp³-hybridized carbons (Fsp3) is 0.425. The van der Waals surface area contributed by atoms with Crippen LogP contribution in [0.15, 0.2) is 66.7 Å². The summed E-state index contributed by atoms with van der Waals surface area (Å²) in [6, 6.07) is 21.6. The lowest BCUT2D eigenvalue weighted by atomic mass is 9.92. The Morgan fingerprint density at radius 2 is 1.54 bits per heavy atom. The van der Waals surface area contributed by atoms with Crippen LogP contribution in [-0.4, -0.2) is 54.5 Å². The standard InChI is InChI=1S/C40H51N5O3/c1-4-45(5-2)40(47)30-21-24-36(37(28-30)44-38(46)27-29-19-22-31(23-20-29)48-6-3)41-25-13-7-8-14-26-42-39-32-15-9-11-17-34(32)43-35-18-12-10-16-33(35)39/h9,11,15,17,19-24,28,41H,4-8,10,12-14,16,18,25-27H2,1-3H3,(H,42,43)(H,44,46). The van der Waals surface area contributed by atoms with E-state index in [1.165, 1.54) is 35.2 Å². The number of aromatic nitrogens is 1. The van der Waals surface area contributed by atoms with Gasteiger partial charge in [0.15, 0.2) is 0 Å². The van der Waals surface area contributed by atoms with Gasteiger partial charge in [-0.2, -0.15) is 0 Å². The van der Waals surface area contributed by atoms with Gasteiger partial charge in [0.25, 0.3) is 5.91 Å². The average Bonchev–Trinajstić information content (AvgIpc) is 3.10. The third-order valence-corrected chi connectivity index (χ3v) is 9.08. The Morgan fingerprint density at radius 3 is 2.29 bits per heavy atom. The maximum Gasteiger partial charge on any atom is 0.253 e. The van der Waals surface area contributed by atoms with Gasteiger partial charge in [-0.15, -0.1) is 0 Å². The number of anilines is 3. The zero-order valence-corrected chi connectivity index (χ0v) is 28.9. The van der Waals surface area contributed by atoms with Crippen LogP contribution in [0.2, 0.25) is 0 Å². The van der Waals surface area contributed by atoms with E-state index in [4.69, 9.17) is 9.72 Å². The number of amides is 2. The predicted octanol–water partition coefficient (Wildman–Crippen LogP) is 8.26. The van der Waals surface area contributed by atoms with Gasteiger partial charge in [-0.05, 0) is 107 Å². The second-order valence-electron chi connectivity index (χ2n) is 12.4. The summed E-state index contributed by atoms with van der Waals surface area (Å²) in [7, 11) is 0. The first-order valence-corrected chi connectivity index (χ1v) is 17.8. The van der Waals surface area contributed by atoms with Crippen molar-refractivity contribution in [1.82, 2.24) is 9.88 Å². The minimum absolute atomic E-state index is 0.0394. The number of rotatable bonds is 17. The number of benzene rings is 3. The molecule has 0 fully saturated rings. The van der Waals surface area contributed by atoms with E-state index in [0.29, 0.717) is 30.9 Å². The average molecular weight is 650 g/mol. The van der Waals surface area contributed by atoms with Crippen molar-refractivity contribution in [2.75, 3.05) is 48.7 Å². The first kappa shape index (κ1) is 34.7. The predicted molar refractivity (Wildman–Crippen MR) is 197 cm³/mol. The van der Waals surface area contributed by atoms with Crippen molar-refractivity contribution in [2.45, 2.75) is 78.6 Å². The highest BCUT2D eigenvalue weighted by Crippen LogP contribution is 2.33. The van der Waals surface area contributed by atoms with Crippen molar-refractivity contribution in [3.8, 4) is 5.75 Å². The summed E-state index contributed by atoms with van der Waals surface area (Å²) >= 11 is 0. The van der Waals surface area contributed by atoms with Gasteiger partial charge < -0.3 is 25.6 Å². The SMILES string of the molecule is CCOc1ccc(CC(=O)Nc2cc(C(=O)N(CC)CC)ccc2NCCCCCCNc2c3c(nc4ccccc24)CCCC3)cc1. The largest absolute Gasteiger partial charge is 0.494 e. The van der Waals surface area contributed by atoms with Crippen LogP contribution in [0, 0.1) is 0 Å². The van der Waals surface area contributed by atoms with E-state index in [9.17, 15) is 9.59 Å². The molecule has 1 aliphatic rings. The molecule has 3 N–H and O–H groups in total. The second-order valence-corrected chi connectivity index (χ2v) is 12.4. The highest BCUT2D eigenvalue weighted by molar-refractivity contribution is 6.00. The number of hydrogen-bond donors (Lipinski definition) is 3. The van der Waals surface area contributed by atoms with E-state index >= 15 is 0 Å². The Hall–Kier alpha value is -4.59. The number of aryl methyl sites for hydroxylation is 1. The van der Waals surface area contributed by atoms with Gasteiger partial charge in [-0.25, -0.2) is 0 Å². The molecule has 3 aromatic carbocycles. The first-order chi connectivity index (χ1) is 23.5. The molecular weight excluding hydrogens is 598 g/mol.